The number of rotatable bonds is 6. The van der Waals surface area contributed by atoms with Crippen molar-refractivity contribution in [2.45, 2.75) is 51.2 Å². The molecule has 1 heterocycles. The lowest BCUT2D eigenvalue weighted by Gasteiger charge is -2.25. The van der Waals surface area contributed by atoms with Gasteiger partial charge in [-0.05, 0) is 26.2 Å². The van der Waals surface area contributed by atoms with E-state index >= 15 is 0 Å². The molecule has 0 bridgehead atoms. The lowest BCUT2D eigenvalue weighted by atomic mass is 10.1. The number of ether oxygens (including phenoxy) is 1. The van der Waals surface area contributed by atoms with Gasteiger partial charge in [-0.15, -0.1) is 0 Å². The standard InChI is InChI=1S/C12H23N3O3/c1-9(8-11(13)14-17)15(2)12(16)6-5-10-4-3-7-18-10/h9-10,17H,3-8H2,1-2H3,(H2,13,14). The highest BCUT2D eigenvalue weighted by atomic mass is 16.5. The minimum atomic E-state index is -0.0714. The molecule has 0 spiro atoms. The Morgan fingerprint density at radius 1 is 1.67 bits per heavy atom. The molecule has 1 fully saturated rings. The van der Waals surface area contributed by atoms with Gasteiger partial charge in [-0.3, -0.25) is 4.79 Å². The molecule has 1 amide bonds. The first-order chi connectivity index (χ1) is 8.54. The van der Waals surface area contributed by atoms with E-state index in [9.17, 15) is 4.79 Å². The summed E-state index contributed by atoms with van der Waals surface area (Å²) in [5, 5.41) is 11.4. The average molecular weight is 257 g/mol. The van der Waals surface area contributed by atoms with Crippen LogP contribution >= 0.6 is 0 Å². The highest BCUT2D eigenvalue weighted by Crippen LogP contribution is 2.17. The molecule has 1 aliphatic heterocycles. The maximum atomic E-state index is 11.9. The molecule has 2 unspecified atom stereocenters. The van der Waals surface area contributed by atoms with Gasteiger partial charge in [0.15, 0.2) is 0 Å². The van der Waals surface area contributed by atoms with Crippen LogP contribution in [-0.4, -0.2) is 47.7 Å². The first kappa shape index (κ1) is 14.8. The lowest BCUT2D eigenvalue weighted by Crippen LogP contribution is -2.38. The molecular formula is C12H23N3O3. The van der Waals surface area contributed by atoms with Crippen LogP contribution in [0, 0.1) is 0 Å². The van der Waals surface area contributed by atoms with Crippen molar-refractivity contribution in [1.29, 1.82) is 0 Å². The Labute approximate surface area is 108 Å². The van der Waals surface area contributed by atoms with Gasteiger partial charge in [0.05, 0.1) is 6.10 Å². The van der Waals surface area contributed by atoms with Crippen LogP contribution in [0.5, 0.6) is 0 Å². The zero-order valence-electron chi connectivity index (χ0n) is 11.1. The monoisotopic (exact) mass is 257 g/mol. The summed E-state index contributed by atoms with van der Waals surface area (Å²) in [6.07, 6.45) is 4.02. The highest BCUT2D eigenvalue weighted by Gasteiger charge is 2.20. The van der Waals surface area contributed by atoms with E-state index in [0.29, 0.717) is 12.8 Å². The molecule has 0 saturated carbocycles. The van der Waals surface area contributed by atoms with Gasteiger partial charge in [0.2, 0.25) is 5.91 Å². The Balaban J connectivity index is 2.30. The highest BCUT2D eigenvalue weighted by molar-refractivity contribution is 5.81. The largest absolute Gasteiger partial charge is 0.409 e. The maximum Gasteiger partial charge on any atom is 0.222 e. The Hall–Kier alpha value is -1.30. The molecule has 3 N–H and O–H groups in total. The summed E-state index contributed by atoms with van der Waals surface area (Å²) < 4.78 is 5.48. The molecule has 1 rings (SSSR count). The van der Waals surface area contributed by atoms with E-state index in [2.05, 4.69) is 5.16 Å². The van der Waals surface area contributed by atoms with E-state index in [4.69, 9.17) is 15.7 Å². The average Bonchev–Trinajstić information content (AvgIpc) is 2.87. The van der Waals surface area contributed by atoms with Crippen molar-refractivity contribution in [3.05, 3.63) is 0 Å². The van der Waals surface area contributed by atoms with E-state index in [1.54, 1.807) is 11.9 Å². The third-order valence-electron chi connectivity index (χ3n) is 3.39. The van der Waals surface area contributed by atoms with Crippen LogP contribution in [0.15, 0.2) is 5.16 Å². The molecule has 1 aliphatic rings. The molecule has 0 aliphatic carbocycles. The van der Waals surface area contributed by atoms with E-state index in [0.717, 1.165) is 25.9 Å². The number of carbonyl (C=O) groups is 1. The number of nitrogens with two attached hydrogens (primary N) is 1. The number of oxime groups is 1. The molecule has 0 aromatic heterocycles. The van der Waals surface area contributed by atoms with Crippen molar-refractivity contribution in [3.63, 3.8) is 0 Å². The van der Waals surface area contributed by atoms with Crippen molar-refractivity contribution in [2.75, 3.05) is 13.7 Å². The molecule has 18 heavy (non-hydrogen) atoms. The maximum absolute atomic E-state index is 11.9. The summed E-state index contributed by atoms with van der Waals surface area (Å²) in [7, 11) is 1.74. The SMILES string of the molecule is CC(CC(N)=NO)N(C)C(=O)CCC1CCCO1. The van der Waals surface area contributed by atoms with Crippen molar-refractivity contribution >= 4 is 11.7 Å². The predicted molar refractivity (Wildman–Crippen MR) is 68.5 cm³/mol. The van der Waals surface area contributed by atoms with Gasteiger partial charge >= 0.3 is 0 Å². The molecule has 1 saturated heterocycles. The van der Waals surface area contributed by atoms with Crippen LogP contribution < -0.4 is 5.73 Å². The fourth-order valence-electron chi connectivity index (χ4n) is 2.06. The first-order valence-electron chi connectivity index (χ1n) is 6.38. The van der Waals surface area contributed by atoms with Crippen LogP contribution in [0.4, 0.5) is 0 Å². The van der Waals surface area contributed by atoms with Gasteiger partial charge in [-0.25, -0.2) is 0 Å². The van der Waals surface area contributed by atoms with Crippen LogP contribution in [-0.2, 0) is 9.53 Å². The van der Waals surface area contributed by atoms with Gasteiger partial charge in [0.1, 0.15) is 5.84 Å². The molecule has 6 nitrogen and oxygen atoms in total. The third kappa shape index (κ3) is 4.52. The van der Waals surface area contributed by atoms with Crippen molar-refractivity contribution in [3.8, 4) is 0 Å². The second-order valence-electron chi connectivity index (χ2n) is 4.82. The number of hydrogen-bond acceptors (Lipinski definition) is 4. The number of nitrogens with zero attached hydrogens (tertiary/aromatic N) is 2. The van der Waals surface area contributed by atoms with Crippen LogP contribution in [0.25, 0.3) is 0 Å². The van der Waals surface area contributed by atoms with Gasteiger partial charge < -0.3 is 20.6 Å². The minimum Gasteiger partial charge on any atom is -0.409 e. The number of carbonyl (C=O) groups excluding carboxylic acids is 1. The Kier molecular flexibility index (Phi) is 5.91. The fraction of sp³-hybridized carbons (Fsp3) is 0.833. The first-order valence-corrected chi connectivity index (χ1v) is 6.38. The minimum absolute atomic E-state index is 0.0714. The third-order valence-corrected chi connectivity index (χ3v) is 3.39. The molecule has 0 aromatic rings. The molecule has 2 atom stereocenters. The number of hydrogen-bond donors (Lipinski definition) is 2. The quantitative estimate of drug-likeness (QED) is 0.321. The van der Waals surface area contributed by atoms with Gasteiger partial charge in [-0.2, -0.15) is 0 Å². The van der Waals surface area contributed by atoms with E-state index in [-0.39, 0.29) is 23.9 Å². The summed E-state index contributed by atoms with van der Waals surface area (Å²) in [5.74, 6) is 0.213. The zero-order chi connectivity index (χ0) is 13.5. The summed E-state index contributed by atoms with van der Waals surface area (Å²) in [4.78, 5) is 13.6. The molecule has 104 valence electrons. The second-order valence-corrected chi connectivity index (χ2v) is 4.82. The van der Waals surface area contributed by atoms with Crippen molar-refractivity contribution < 1.29 is 14.7 Å². The Morgan fingerprint density at radius 3 is 2.94 bits per heavy atom. The summed E-state index contributed by atoms with van der Waals surface area (Å²) >= 11 is 0. The van der Waals surface area contributed by atoms with Crippen molar-refractivity contribution in [2.24, 2.45) is 10.9 Å². The molecule has 0 radical (unpaired) electrons. The number of amidine groups is 1. The summed E-state index contributed by atoms with van der Waals surface area (Å²) in [6.45, 7) is 2.69. The predicted octanol–water partition coefficient (Wildman–Crippen LogP) is 0.929. The van der Waals surface area contributed by atoms with Gasteiger partial charge in [0.25, 0.3) is 0 Å². The zero-order valence-corrected chi connectivity index (χ0v) is 11.1. The van der Waals surface area contributed by atoms with Crippen LogP contribution in [0.1, 0.15) is 39.0 Å². The van der Waals surface area contributed by atoms with E-state index in [1.165, 1.54) is 0 Å². The lowest BCUT2D eigenvalue weighted by molar-refractivity contribution is -0.132. The van der Waals surface area contributed by atoms with Crippen LogP contribution in [0.2, 0.25) is 0 Å². The molecular weight excluding hydrogens is 234 g/mol. The van der Waals surface area contributed by atoms with E-state index in [1.807, 2.05) is 6.92 Å². The van der Waals surface area contributed by atoms with E-state index < -0.39 is 0 Å². The Bertz CT molecular complexity index is 301. The fourth-order valence-corrected chi connectivity index (χ4v) is 2.06. The summed E-state index contributed by atoms with van der Waals surface area (Å²) in [6, 6.07) is -0.0714. The summed E-state index contributed by atoms with van der Waals surface area (Å²) in [5.41, 5.74) is 5.43. The second kappa shape index (κ2) is 7.20. The smallest absolute Gasteiger partial charge is 0.222 e. The Morgan fingerprint density at radius 2 is 2.39 bits per heavy atom. The van der Waals surface area contributed by atoms with Gasteiger partial charge in [-0.1, -0.05) is 5.16 Å². The topological polar surface area (TPSA) is 88.2 Å². The molecule has 6 heteroatoms. The van der Waals surface area contributed by atoms with Crippen molar-refractivity contribution in [1.82, 2.24) is 4.90 Å². The normalized spacial score (nSPS) is 21.9. The van der Waals surface area contributed by atoms with Crippen LogP contribution in [0.3, 0.4) is 0 Å². The molecule has 0 aromatic carbocycles. The number of amides is 1. The van der Waals surface area contributed by atoms with Gasteiger partial charge in [0, 0.05) is 32.5 Å².